The van der Waals surface area contributed by atoms with E-state index in [-0.39, 0.29) is 14.0 Å². The summed E-state index contributed by atoms with van der Waals surface area (Å²) < 4.78 is 24.0. The van der Waals surface area contributed by atoms with Crippen molar-refractivity contribution in [3.8, 4) is 23.0 Å². The van der Waals surface area contributed by atoms with E-state index >= 15 is 0 Å². The van der Waals surface area contributed by atoms with Crippen LogP contribution in [0.3, 0.4) is 0 Å². The number of rotatable bonds is 16. The van der Waals surface area contributed by atoms with E-state index in [9.17, 15) is 0 Å². The molecule has 3 aromatic rings. The highest BCUT2D eigenvalue weighted by Crippen LogP contribution is 2.34. The molecule has 3 aromatic carbocycles. The first-order chi connectivity index (χ1) is 20.6. The van der Waals surface area contributed by atoms with Gasteiger partial charge in [0.1, 0.15) is 23.0 Å². The van der Waals surface area contributed by atoms with Crippen LogP contribution in [-0.2, 0) is 0 Å². The van der Waals surface area contributed by atoms with Crippen molar-refractivity contribution in [1.82, 2.24) is 0 Å². The number of anilines is 4. The van der Waals surface area contributed by atoms with Gasteiger partial charge < -0.3 is 39.9 Å². The molecule has 2 heterocycles. The molecule has 5 rings (SSSR count). The van der Waals surface area contributed by atoms with Crippen molar-refractivity contribution in [3.05, 3.63) is 48.5 Å². The lowest BCUT2D eigenvalue weighted by Gasteiger charge is -2.21. The SMILES string of the molecule is CCCCCCOc1cc(B2Nc3ccc(OC)cc3N2)c(OCCCCCC)cc1B1Nc2ccc(OC)cc2N1. The number of benzene rings is 3. The van der Waals surface area contributed by atoms with Gasteiger partial charge in [-0.1, -0.05) is 52.4 Å². The van der Waals surface area contributed by atoms with Crippen molar-refractivity contribution in [1.29, 1.82) is 0 Å². The lowest BCUT2D eigenvalue weighted by atomic mass is 9.64. The average molecular weight is 570 g/mol. The Morgan fingerprint density at radius 1 is 0.524 bits per heavy atom. The molecule has 2 aliphatic rings. The second-order valence-corrected chi connectivity index (χ2v) is 11.0. The number of fused-ring (bicyclic) bond motifs is 2. The molecule has 0 saturated carbocycles. The van der Waals surface area contributed by atoms with Gasteiger partial charge in [0.2, 0.25) is 0 Å². The number of unbranched alkanes of at least 4 members (excludes halogenated alkanes) is 6. The second-order valence-electron chi connectivity index (χ2n) is 11.0. The van der Waals surface area contributed by atoms with E-state index in [0.717, 1.165) is 82.4 Å². The normalized spacial score (nSPS) is 13.0. The summed E-state index contributed by atoms with van der Waals surface area (Å²) in [4.78, 5) is 0. The van der Waals surface area contributed by atoms with E-state index in [0.29, 0.717) is 13.2 Å². The van der Waals surface area contributed by atoms with Crippen molar-refractivity contribution in [2.45, 2.75) is 65.2 Å². The molecule has 0 atom stereocenters. The van der Waals surface area contributed by atoms with Crippen LogP contribution in [0.15, 0.2) is 48.5 Å². The van der Waals surface area contributed by atoms with Gasteiger partial charge in [-0.15, -0.1) is 0 Å². The van der Waals surface area contributed by atoms with E-state index in [4.69, 9.17) is 18.9 Å². The van der Waals surface area contributed by atoms with E-state index in [2.05, 4.69) is 46.9 Å². The van der Waals surface area contributed by atoms with Crippen LogP contribution in [0.25, 0.3) is 0 Å². The average Bonchev–Trinajstić information content (AvgIpc) is 3.64. The molecule has 0 saturated heterocycles. The predicted octanol–water partition coefficient (Wildman–Crippen LogP) is 6.09. The largest absolute Gasteiger partial charge is 0.497 e. The van der Waals surface area contributed by atoms with Gasteiger partial charge in [-0.25, -0.2) is 0 Å². The fraction of sp³-hybridized carbons (Fsp3) is 0.438. The summed E-state index contributed by atoms with van der Waals surface area (Å²) in [5.41, 5.74) is 6.11. The molecule has 8 nitrogen and oxygen atoms in total. The molecule has 0 spiro atoms. The molecule has 0 bridgehead atoms. The van der Waals surface area contributed by atoms with Crippen LogP contribution < -0.4 is 50.8 Å². The summed E-state index contributed by atoms with van der Waals surface area (Å²) in [5, 5.41) is 14.5. The van der Waals surface area contributed by atoms with Crippen LogP contribution in [-0.4, -0.2) is 41.4 Å². The van der Waals surface area contributed by atoms with Crippen LogP contribution in [0.5, 0.6) is 23.0 Å². The summed E-state index contributed by atoms with van der Waals surface area (Å²) in [7, 11) is 3.38. The van der Waals surface area contributed by atoms with Gasteiger partial charge in [0.15, 0.2) is 0 Å². The van der Waals surface area contributed by atoms with Crippen molar-refractivity contribution in [2.24, 2.45) is 0 Å². The minimum absolute atomic E-state index is 0.166. The zero-order valence-corrected chi connectivity index (χ0v) is 25.5. The Hall–Kier alpha value is -3.81. The van der Waals surface area contributed by atoms with Crippen LogP contribution in [0.2, 0.25) is 0 Å². The molecule has 0 aromatic heterocycles. The number of hydrogen-bond acceptors (Lipinski definition) is 8. The Morgan fingerprint density at radius 3 is 1.36 bits per heavy atom. The monoisotopic (exact) mass is 570 g/mol. The molecule has 42 heavy (non-hydrogen) atoms. The van der Waals surface area contributed by atoms with Crippen molar-refractivity contribution in [3.63, 3.8) is 0 Å². The van der Waals surface area contributed by atoms with E-state index in [1.807, 2.05) is 36.4 Å². The van der Waals surface area contributed by atoms with Gasteiger partial charge in [0.05, 0.1) is 27.4 Å². The quantitative estimate of drug-likeness (QED) is 0.122. The standard InChI is InChI=1S/C32H44B2N4O4/c1-5-7-9-11-17-41-31-21-26(34-36-28-16-14-24(40-4)20-30(28)38-34)32(42-18-12-10-8-6-2)22-25(31)33-35-27-15-13-23(39-3)19-29(27)37-33/h13-16,19-22,35-38H,5-12,17-18H2,1-4H3. The first-order valence-corrected chi connectivity index (χ1v) is 15.5. The molecule has 4 N–H and O–H groups in total. The molecular weight excluding hydrogens is 526 g/mol. The Morgan fingerprint density at radius 2 is 0.952 bits per heavy atom. The minimum Gasteiger partial charge on any atom is -0.497 e. The molecule has 10 heteroatoms. The molecule has 0 fully saturated rings. The number of methoxy groups -OCH3 is 2. The Kier molecular flexibility index (Phi) is 10.2. The van der Waals surface area contributed by atoms with Gasteiger partial charge in [-0.05, 0) is 49.2 Å². The van der Waals surface area contributed by atoms with Gasteiger partial charge in [-0.2, -0.15) is 0 Å². The molecule has 222 valence electrons. The van der Waals surface area contributed by atoms with Gasteiger partial charge in [0, 0.05) is 45.8 Å². The van der Waals surface area contributed by atoms with Crippen LogP contribution >= 0.6 is 0 Å². The van der Waals surface area contributed by atoms with Crippen LogP contribution in [0, 0.1) is 0 Å². The summed E-state index contributed by atoms with van der Waals surface area (Å²) in [5.74, 6) is 3.33. The molecule has 0 unspecified atom stereocenters. The molecule has 0 aliphatic carbocycles. The van der Waals surface area contributed by atoms with E-state index < -0.39 is 0 Å². The Balaban J connectivity index is 1.46. The third-order valence-corrected chi connectivity index (χ3v) is 7.93. The highest BCUT2D eigenvalue weighted by Gasteiger charge is 2.35. The van der Waals surface area contributed by atoms with Crippen molar-refractivity contribution < 1.29 is 18.9 Å². The van der Waals surface area contributed by atoms with Gasteiger partial charge in [0.25, 0.3) is 0 Å². The minimum atomic E-state index is -0.166. The van der Waals surface area contributed by atoms with Gasteiger partial charge in [-0.3, -0.25) is 0 Å². The van der Waals surface area contributed by atoms with Crippen LogP contribution in [0.1, 0.15) is 65.2 Å². The lowest BCUT2D eigenvalue weighted by molar-refractivity contribution is 0.300. The van der Waals surface area contributed by atoms with Crippen LogP contribution in [0.4, 0.5) is 22.7 Å². The van der Waals surface area contributed by atoms with Crippen molar-refractivity contribution in [2.75, 3.05) is 48.3 Å². The van der Waals surface area contributed by atoms with E-state index in [1.165, 1.54) is 25.7 Å². The Labute approximate surface area is 251 Å². The Bertz CT molecular complexity index is 1240. The smallest absolute Gasteiger partial charge is 0.410 e. The number of hydrogen-bond donors (Lipinski definition) is 4. The summed E-state index contributed by atoms with van der Waals surface area (Å²) in [6, 6.07) is 16.4. The molecular formula is C32H44B2N4O4. The first-order valence-electron chi connectivity index (χ1n) is 15.5. The zero-order chi connectivity index (χ0) is 29.3. The summed E-state index contributed by atoms with van der Waals surface area (Å²) in [6.07, 6.45) is 9.18. The second kappa shape index (κ2) is 14.4. The number of nitrogens with one attached hydrogen (secondary N) is 4. The topological polar surface area (TPSA) is 85.0 Å². The predicted molar refractivity (Wildman–Crippen MR) is 177 cm³/mol. The fourth-order valence-electron chi connectivity index (χ4n) is 5.51. The zero-order valence-electron chi connectivity index (χ0n) is 25.5. The maximum atomic E-state index is 6.53. The maximum Gasteiger partial charge on any atom is 0.410 e. The number of ether oxygens (including phenoxy) is 4. The third-order valence-electron chi connectivity index (χ3n) is 7.93. The maximum absolute atomic E-state index is 6.53. The first kappa shape index (κ1) is 29.7. The fourth-order valence-corrected chi connectivity index (χ4v) is 5.51. The van der Waals surface area contributed by atoms with E-state index in [1.54, 1.807) is 14.2 Å². The lowest BCUT2D eigenvalue weighted by Crippen LogP contribution is -2.47. The third kappa shape index (κ3) is 6.97. The summed E-state index contributed by atoms with van der Waals surface area (Å²) in [6.45, 7) is 5.46. The molecule has 0 radical (unpaired) electrons. The molecule has 2 aliphatic heterocycles. The van der Waals surface area contributed by atoms with Crippen molar-refractivity contribution >= 4 is 47.6 Å². The van der Waals surface area contributed by atoms with Gasteiger partial charge >= 0.3 is 14.0 Å². The highest BCUT2D eigenvalue weighted by molar-refractivity contribution is 6.83. The summed E-state index contributed by atoms with van der Waals surface area (Å²) >= 11 is 0. The highest BCUT2D eigenvalue weighted by atomic mass is 16.5. The molecule has 0 amide bonds.